The smallest absolute Gasteiger partial charge is 0.339 e. The van der Waals surface area contributed by atoms with E-state index in [9.17, 15) is 48.7 Å². The molecule has 0 saturated carbocycles. The molecule has 35 heavy (non-hydrogen) atoms. The zero-order valence-corrected chi connectivity index (χ0v) is 19.2. The van der Waals surface area contributed by atoms with Crippen molar-refractivity contribution < 1.29 is 67.0 Å². The molecule has 0 fully saturated rings. The molecule has 0 spiro atoms. The fraction of sp³-hybridized carbons (Fsp3) is 0.842. The highest BCUT2D eigenvalue weighted by Crippen LogP contribution is 2.58. The van der Waals surface area contributed by atoms with Gasteiger partial charge in [0.25, 0.3) is 5.91 Å². The normalized spacial score (nSPS) is 20.4. The first kappa shape index (κ1) is 33.3. The van der Waals surface area contributed by atoms with Crippen LogP contribution in [0.1, 0.15) is 40.5 Å². The molecule has 0 aliphatic rings. The monoisotopic (exact) mass is 543 g/mol. The van der Waals surface area contributed by atoms with E-state index in [0.29, 0.717) is 20.9 Å². The Balaban J connectivity index is 7.17. The molecule has 0 bridgehead atoms. The second kappa shape index (κ2) is 10.3. The summed E-state index contributed by atoms with van der Waals surface area (Å²) in [6, 6.07) is 0. The molecular formula is C19H25F12NO3. The SMILES string of the molecule is C=CCN(C)C(=O)C(F)(C(F)(F)F)C(C)(CC)OC(F)(F)C(F)(C(F)(F)F)C(C)(CC)OC(F)F. The Hall–Kier alpha value is -1.71. The second-order valence-corrected chi connectivity index (χ2v) is 7.95. The topological polar surface area (TPSA) is 38.8 Å². The van der Waals surface area contributed by atoms with Gasteiger partial charge < -0.3 is 14.4 Å². The molecule has 1 amide bonds. The number of ether oxygens (including phenoxy) is 2. The Labute approximate surface area is 193 Å². The standard InChI is InChI=1S/C19H25F12NO3/c1-7-10-32(6)11(33)15(22,17(24,25)26)13(4,8-2)35-19(30,31)16(23,18(27,28)29)14(5,9-3)34-12(20)21/h7,12H,1,8-10H2,2-6H3. The van der Waals surface area contributed by atoms with Gasteiger partial charge in [-0.2, -0.15) is 43.9 Å². The zero-order chi connectivity index (χ0) is 28.5. The minimum Gasteiger partial charge on any atom is -0.339 e. The van der Waals surface area contributed by atoms with Crippen molar-refractivity contribution in [2.75, 3.05) is 13.6 Å². The average Bonchev–Trinajstić information content (AvgIpc) is 2.68. The van der Waals surface area contributed by atoms with Crippen molar-refractivity contribution in [2.45, 2.75) is 88.1 Å². The molecule has 16 heteroatoms. The van der Waals surface area contributed by atoms with E-state index in [1.807, 2.05) is 0 Å². The number of halogens is 12. The summed E-state index contributed by atoms with van der Waals surface area (Å²) in [6.45, 7) is -1.09. The fourth-order valence-corrected chi connectivity index (χ4v) is 3.30. The van der Waals surface area contributed by atoms with Crippen molar-refractivity contribution >= 4 is 5.91 Å². The first-order valence-electron chi connectivity index (χ1n) is 9.80. The van der Waals surface area contributed by atoms with E-state index in [-0.39, 0.29) is 18.7 Å². The van der Waals surface area contributed by atoms with Crippen LogP contribution in [0.4, 0.5) is 52.7 Å². The molecule has 0 aliphatic heterocycles. The van der Waals surface area contributed by atoms with Gasteiger partial charge in [0.05, 0.1) is 0 Å². The van der Waals surface area contributed by atoms with Gasteiger partial charge in [-0.05, 0) is 26.7 Å². The van der Waals surface area contributed by atoms with Crippen LogP contribution in [-0.2, 0) is 14.3 Å². The Morgan fingerprint density at radius 2 is 1.31 bits per heavy atom. The summed E-state index contributed by atoms with van der Waals surface area (Å²) >= 11 is 0. The maximum absolute atomic E-state index is 15.6. The minimum absolute atomic E-state index is 0.0262. The number of carbonyl (C=O) groups is 1. The van der Waals surface area contributed by atoms with Gasteiger partial charge in [0.15, 0.2) is 0 Å². The largest absolute Gasteiger partial charge is 0.434 e. The van der Waals surface area contributed by atoms with Gasteiger partial charge >= 0.3 is 36.4 Å². The van der Waals surface area contributed by atoms with Crippen LogP contribution >= 0.6 is 0 Å². The summed E-state index contributed by atoms with van der Waals surface area (Å²) in [5.41, 5.74) is -20.0. The number of amides is 1. The van der Waals surface area contributed by atoms with Gasteiger partial charge in [0.2, 0.25) is 0 Å². The number of hydrogen-bond donors (Lipinski definition) is 0. The van der Waals surface area contributed by atoms with Crippen LogP contribution < -0.4 is 0 Å². The molecule has 4 atom stereocenters. The van der Waals surface area contributed by atoms with Gasteiger partial charge in [-0.15, -0.1) is 6.58 Å². The Morgan fingerprint density at radius 3 is 1.60 bits per heavy atom. The molecule has 0 rings (SSSR count). The van der Waals surface area contributed by atoms with Gasteiger partial charge in [0.1, 0.15) is 11.2 Å². The maximum atomic E-state index is 15.6. The number of hydrogen-bond acceptors (Lipinski definition) is 3. The van der Waals surface area contributed by atoms with Crippen LogP contribution in [0.3, 0.4) is 0 Å². The lowest BCUT2D eigenvalue weighted by Crippen LogP contribution is -2.74. The Bertz CT molecular complexity index is 758. The molecule has 208 valence electrons. The van der Waals surface area contributed by atoms with Crippen LogP contribution in [0.15, 0.2) is 12.7 Å². The summed E-state index contributed by atoms with van der Waals surface area (Å²) in [7, 11) is 0.595. The molecule has 0 heterocycles. The number of carbonyl (C=O) groups excluding carboxylic acids is 1. The highest BCUT2D eigenvalue weighted by atomic mass is 19.4. The number of rotatable bonds is 12. The molecule has 0 radical (unpaired) electrons. The molecule has 4 unspecified atom stereocenters. The molecule has 0 aromatic carbocycles. The van der Waals surface area contributed by atoms with Crippen LogP contribution in [0.25, 0.3) is 0 Å². The molecule has 0 aromatic heterocycles. The van der Waals surface area contributed by atoms with E-state index < -0.39 is 72.9 Å². The Morgan fingerprint density at radius 1 is 0.886 bits per heavy atom. The van der Waals surface area contributed by atoms with E-state index in [4.69, 9.17) is 0 Å². The van der Waals surface area contributed by atoms with Crippen LogP contribution in [0.2, 0.25) is 0 Å². The van der Waals surface area contributed by atoms with Crippen molar-refractivity contribution in [2.24, 2.45) is 0 Å². The number of likely N-dealkylation sites (N-methyl/N-ethyl adjacent to an activating group) is 1. The summed E-state index contributed by atoms with van der Waals surface area (Å²) in [4.78, 5) is 12.4. The predicted octanol–water partition coefficient (Wildman–Crippen LogP) is 6.36. The lowest BCUT2D eigenvalue weighted by atomic mass is 9.79. The summed E-state index contributed by atoms with van der Waals surface area (Å²) in [6.07, 6.45) is -21.9. The van der Waals surface area contributed by atoms with Gasteiger partial charge in [0, 0.05) is 13.6 Å². The van der Waals surface area contributed by atoms with E-state index in [1.54, 1.807) is 0 Å². The third-order valence-corrected chi connectivity index (χ3v) is 5.74. The van der Waals surface area contributed by atoms with Crippen LogP contribution in [-0.4, -0.2) is 72.0 Å². The minimum atomic E-state index is -6.80. The molecule has 0 aliphatic carbocycles. The summed E-state index contributed by atoms with van der Waals surface area (Å²) < 4.78 is 176. The zero-order valence-electron chi connectivity index (χ0n) is 19.2. The molecule has 4 nitrogen and oxygen atoms in total. The van der Waals surface area contributed by atoms with E-state index in [2.05, 4.69) is 16.1 Å². The van der Waals surface area contributed by atoms with E-state index in [1.165, 1.54) is 0 Å². The predicted molar refractivity (Wildman–Crippen MR) is 98.1 cm³/mol. The second-order valence-electron chi connectivity index (χ2n) is 7.95. The third kappa shape index (κ3) is 5.52. The van der Waals surface area contributed by atoms with Gasteiger partial charge in [-0.1, -0.05) is 19.9 Å². The van der Waals surface area contributed by atoms with Crippen molar-refractivity contribution in [3.63, 3.8) is 0 Å². The van der Waals surface area contributed by atoms with Crippen molar-refractivity contribution in [3.8, 4) is 0 Å². The first-order chi connectivity index (χ1) is 15.4. The highest BCUT2D eigenvalue weighted by molar-refractivity contribution is 5.87. The summed E-state index contributed by atoms with van der Waals surface area (Å²) in [5.74, 6) is -2.57. The molecular weight excluding hydrogens is 518 g/mol. The quantitative estimate of drug-likeness (QED) is 0.213. The van der Waals surface area contributed by atoms with Crippen LogP contribution in [0.5, 0.6) is 0 Å². The van der Waals surface area contributed by atoms with Crippen LogP contribution in [0, 0.1) is 0 Å². The van der Waals surface area contributed by atoms with Gasteiger partial charge in [-0.25, -0.2) is 8.78 Å². The molecule has 0 aromatic rings. The lowest BCUT2D eigenvalue weighted by molar-refractivity contribution is -0.457. The van der Waals surface area contributed by atoms with E-state index in [0.717, 1.165) is 6.08 Å². The van der Waals surface area contributed by atoms with Crippen molar-refractivity contribution in [1.82, 2.24) is 4.90 Å². The van der Waals surface area contributed by atoms with E-state index >= 15 is 8.78 Å². The van der Waals surface area contributed by atoms with Crippen molar-refractivity contribution in [1.29, 1.82) is 0 Å². The first-order valence-corrected chi connectivity index (χ1v) is 9.80. The maximum Gasteiger partial charge on any atom is 0.434 e. The molecule has 0 saturated heterocycles. The highest BCUT2D eigenvalue weighted by Gasteiger charge is 2.84. The fourth-order valence-electron chi connectivity index (χ4n) is 3.30. The lowest BCUT2D eigenvalue weighted by Gasteiger charge is -2.50. The number of alkyl halides is 12. The third-order valence-electron chi connectivity index (χ3n) is 5.74. The summed E-state index contributed by atoms with van der Waals surface area (Å²) in [5, 5.41) is 0. The van der Waals surface area contributed by atoms with Crippen molar-refractivity contribution in [3.05, 3.63) is 12.7 Å². The molecule has 0 N–H and O–H groups in total. The number of nitrogens with zero attached hydrogens (tertiary/aromatic N) is 1. The van der Waals surface area contributed by atoms with Gasteiger partial charge in [-0.3, -0.25) is 4.79 Å². The average molecular weight is 543 g/mol. The Kier molecular flexibility index (Phi) is 9.84.